The fourth-order valence-corrected chi connectivity index (χ4v) is 1.61. The van der Waals surface area contributed by atoms with E-state index in [4.69, 9.17) is 14.2 Å². The maximum atomic E-state index is 12.3. The number of ether oxygens (including phenoxy) is 3. The van der Waals surface area contributed by atoms with Crippen LogP contribution in [0.3, 0.4) is 0 Å². The fraction of sp³-hybridized carbons (Fsp3) is 0.500. The Kier molecular flexibility index (Phi) is 4.22. The van der Waals surface area contributed by atoms with Crippen LogP contribution in [0.2, 0.25) is 0 Å². The molecule has 0 spiro atoms. The van der Waals surface area contributed by atoms with Crippen molar-refractivity contribution in [3.63, 3.8) is 0 Å². The first kappa shape index (κ1) is 14.4. The van der Waals surface area contributed by atoms with E-state index in [1.165, 1.54) is 14.2 Å². The van der Waals surface area contributed by atoms with E-state index in [9.17, 15) is 4.79 Å². The fourth-order valence-electron chi connectivity index (χ4n) is 1.61. The molecule has 0 heterocycles. The minimum atomic E-state index is -0.479. The number of rotatable bonds is 4. The van der Waals surface area contributed by atoms with Gasteiger partial charge in [-0.15, -0.1) is 0 Å². The molecule has 0 aromatic heterocycles. The average Bonchev–Trinajstić information content (AvgIpc) is 2.34. The number of hydrogen-bond donors (Lipinski definition) is 0. The average molecular weight is 252 g/mol. The van der Waals surface area contributed by atoms with Gasteiger partial charge in [-0.3, -0.25) is 4.79 Å². The van der Waals surface area contributed by atoms with Gasteiger partial charge in [0, 0.05) is 11.5 Å². The van der Waals surface area contributed by atoms with Crippen LogP contribution in [0.15, 0.2) is 12.1 Å². The van der Waals surface area contributed by atoms with Crippen LogP contribution < -0.4 is 14.2 Å². The highest BCUT2D eigenvalue weighted by atomic mass is 16.5. The lowest BCUT2D eigenvalue weighted by Gasteiger charge is -2.20. The van der Waals surface area contributed by atoms with Crippen LogP contribution in [0.4, 0.5) is 0 Å². The molecule has 0 fully saturated rings. The van der Waals surface area contributed by atoms with E-state index in [0.29, 0.717) is 22.8 Å². The Labute approximate surface area is 108 Å². The molecule has 0 atom stereocenters. The van der Waals surface area contributed by atoms with Crippen LogP contribution in [-0.4, -0.2) is 27.1 Å². The van der Waals surface area contributed by atoms with Crippen molar-refractivity contribution in [3.05, 3.63) is 17.7 Å². The van der Waals surface area contributed by atoms with Gasteiger partial charge in [-0.05, 0) is 6.07 Å². The van der Waals surface area contributed by atoms with Crippen molar-refractivity contribution in [1.82, 2.24) is 0 Å². The SMILES string of the molecule is COc1cc(OC)c(C(=O)C(C)(C)C)cc1OC. The van der Waals surface area contributed by atoms with Gasteiger partial charge >= 0.3 is 0 Å². The van der Waals surface area contributed by atoms with Gasteiger partial charge in [0.05, 0.1) is 26.9 Å². The smallest absolute Gasteiger partial charge is 0.172 e. The zero-order valence-electron chi connectivity index (χ0n) is 11.8. The molecule has 0 radical (unpaired) electrons. The number of ketones is 1. The van der Waals surface area contributed by atoms with Crippen molar-refractivity contribution in [2.75, 3.05) is 21.3 Å². The molecule has 1 aromatic rings. The molecular formula is C14H20O4. The van der Waals surface area contributed by atoms with Crippen molar-refractivity contribution in [3.8, 4) is 17.2 Å². The summed E-state index contributed by atoms with van der Waals surface area (Å²) in [7, 11) is 4.61. The van der Waals surface area contributed by atoms with E-state index >= 15 is 0 Å². The Bertz CT molecular complexity index is 444. The largest absolute Gasteiger partial charge is 0.496 e. The maximum Gasteiger partial charge on any atom is 0.172 e. The van der Waals surface area contributed by atoms with E-state index in [1.54, 1.807) is 19.2 Å². The van der Waals surface area contributed by atoms with Gasteiger partial charge in [-0.25, -0.2) is 0 Å². The minimum absolute atomic E-state index is 0.000281. The molecule has 4 nitrogen and oxygen atoms in total. The maximum absolute atomic E-state index is 12.3. The minimum Gasteiger partial charge on any atom is -0.496 e. The monoisotopic (exact) mass is 252 g/mol. The molecule has 0 N–H and O–H groups in total. The Morgan fingerprint density at radius 1 is 0.889 bits per heavy atom. The molecule has 0 amide bonds. The first-order chi connectivity index (χ1) is 8.35. The van der Waals surface area contributed by atoms with E-state index in [2.05, 4.69) is 0 Å². The lowest BCUT2D eigenvalue weighted by Crippen LogP contribution is -2.21. The molecule has 1 rings (SSSR count). The van der Waals surface area contributed by atoms with Crippen LogP contribution in [0, 0.1) is 5.41 Å². The second-order valence-electron chi connectivity index (χ2n) is 4.99. The quantitative estimate of drug-likeness (QED) is 0.773. The third-order valence-electron chi connectivity index (χ3n) is 2.63. The van der Waals surface area contributed by atoms with E-state index in [-0.39, 0.29) is 5.78 Å². The molecule has 4 heteroatoms. The van der Waals surface area contributed by atoms with Crippen molar-refractivity contribution in [2.45, 2.75) is 20.8 Å². The van der Waals surface area contributed by atoms with Gasteiger partial charge in [0.25, 0.3) is 0 Å². The standard InChI is InChI=1S/C14H20O4/c1-14(2,3)13(15)9-7-11(17-5)12(18-6)8-10(9)16-4/h7-8H,1-6H3. The summed E-state index contributed by atoms with van der Waals surface area (Å²) in [4.78, 5) is 12.3. The topological polar surface area (TPSA) is 44.8 Å². The summed E-state index contributed by atoms with van der Waals surface area (Å²) < 4.78 is 15.6. The Morgan fingerprint density at radius 3 is 1.72 bits per heavy atom. The van der Waals surface area contributed by atoms with Gasteiger partial charge in [0.1, 0.15) is 5.75 Å². The highest BCUT2D eigenvalue weighted by Gasteiger charge is 2.27. The Hall–Kier alpha value is -1.71. The van der Waals surface area contributed by atoms with Crippen molar-refractivity contribution in [1.29, 1.82) is 0 Å². The molecule has 0 aliphatic rings. The third kappa shape index (κ3) is 2.75. The van der Waals surface area contributed by atoms with Gasteiger partial charge in [0.15, 0.2) is 17.3 Å². The number of Topliss-reactive ketones (excluding diaryl/α,β-unsaturated/α-hetero) is 1. The van der Waals surface area contributed by atoms with Gasteiger partial charge in [-0.2, -0.15) is 0 Å². The number of carbonyl (C=O) groups is 1. The molecule has 1 aromatic carbocycles. The van der Waals surface area contributed by atoms with Crippen LogP contribution in [-0.2, 0) is 0 Å². The van der Waals surface area contributed by atoms with Crippen LogP contribution in [0.5, 0.6) is 17.2 Å². The lowest BCUT2D eigenvalue weighted by molar-refractivity contribution is 0.0854. The van der Waals surface area contributed by atoms with Crippen LogP contribution in [0.1, 0.15) is 31.1 Å². The number of methoxy groups -OCH3 is 3. The molecule has 18 heavy (non-hydrogen) atoms. The summed E-state index contributed by atoms with van der Waals surface area (Å²) in [5, 5.41) is 0. The molecule has 0 saturated heterocycles. The normalized spacial score (nSPS) is 11.0. The summed E-state index contributed by atoms with van der Waals surface area (Å²) in [6.45, 7) is 5.60. The Balaban J connectivity index is 3.39. The van der Waals surface area contributed by atoms with Crippen molar-refractivity contribution >= 4 is 5.78 Å². The molecule has 100 valence electrons. The molecule has 0 saturated carbocycles. The second kappa shape index (κ2) is 5.29. The number of carbonyl (C=O) groups excluding carboxylic acids is 1. The summed E-state index contributed by atoms with van der Waals surface area (Å²) >= 11 is 0. The van der Waals surface area contributed by atoms with Crippen LogP contribution in [0.25, 0.3) is 0 Å². The summed E-state index contributed by atoms with van der Waals surface area (Å²) in [6.07, 6.45) is 0. The molecular weight excluding hydrogens is 232 g/mol. The second-order valence-corrected chi connectivity index (χ2v) is 4.99. The summed E-state index contributed by atoms with van der Waals surface area (Å²) in [5.74, 6) is 1.55. The molecule has 0 bridgehead atoms. The Morgan fingerprint density at radius 2 is 1.33 bits per heavy atom. The zero-order chi connectivity index (χ0) is 13.9. The van der Waals surface area contributed by atoms with Gasteiger partial charge < -0.3 is 14.2 Å². The summed E-state index contributed by atoms with van der Waals surface area (Å²) in [6, 6.07) is 3.32. The predicted molar refractivity (Wildman–Crippen MR) is 69.9 cm³/mol. The lowest BCUT2D eigenvalue weighted by atomic mass is 9.86. The molecule has 0 aliphatic carbocycles. The van der Waals surface area contributed by atoms with Crippen molar-refractivity contribution < 1.29 is 19.0 Å². The predicted octanol–water partition coefficient (Wildman–Crippen LogP) is 2.94. The van der Waals surface area contributed by atoms with Gasteiger partial charge in [0.2, 0.25) is 0 Å². The van der Waals surface area contributed by atoms with E-state index < -0.39 is 5.41 Å². The van der Waals surface area contributed by atoms with Crippen molar-refractivity contribution in [2.24, 2.45) is 5.41 Å². The first-order valence-corrected chi connectivity index (χ1v) is 5.70. The number of benzene rings is 1. The molecule has 0 unspecified atom stereocenters. The highest BCUT2D eigenvalue weighted by Crippen LogP contribution is 2.37. The summed E-state index contributed by atoms with van der Waals surface area (Å²) in [5.41, 5.74) is 0.0232. The van der Waals surface area contributed by atoms with E-state index in [0.717, 1.165) is 0 Å². The zero-order valence-corrected chi connectivity index (χ0v) is 11.8. The third-order valence-corrected chi connectivity index (χ3v) is 2.63. The number of hydrogen-bond acceptors (Lipinski definition) is 4. The van der Waals surface area contributed by atoms with Crippen LogP contribution >= 0.6 is 0 Å². The first-order valence-electron chi connectivity index (χ1n) is 5.70. The van der Waals surface area contributed by atoms with E-state index in [1.807, 2.05) is 20.8 Å². The van der Waals surface area contributed by atoms with Gasteiger partial charge in [-0.1, -0.05) is 20.8 Å². The highest BCUT2D eigenvalue weighted by molar-refractivity contribution is 6.02. The molecule has 0 aliphatic heterocycles.